The minimum absolute atomic E-state index is 0.0142. The van der Waals surface area contributed by atoms with Crippen molar-refractivity contribution in [1.29, 1.82) is 0 Å². The van der Waals surface area contributed by atoms with Gasteiger partial charge in [0.1, 0.15) is 5.78 Å². The Morgan fingerprint density at radius 2 is 1.58 bits per heavy atom. The molecule has 0 aromatic heterocycles. The molecule has 3 N–H and O–H groups in total. The van der Waals surface area contributed by atoms with E-state index in [4.69, 9.17) is 0 Å². The third-order valence-electron chi connectivity index (χ3n) is 4.25. The summed E-state index contributed by atoms with van der Waals surface area (Å²) in [6.07, 6.45) is 11.0. The quantitative estimate of drug-likeness (QED) is 0.640. The molecule has 24 heavy (non-hydrogen) atoms. The molecule has 0 aliphatic heterocycles. The van der Waals surface area contributed by atoms with Crippen LogP contribution in [0, 0.1) is 11.8 Å². The molecule has 1 rings (SSSR count). The molecule has 146 valence electrons. The molecule has 1 aliphatic carbocycles. The van der Waals surface area contributed by atoms with E-state index in [1.807, 2.05) is 41.5 Å². The van der Waals surface area contributed by atoms with Gasteiger partial charge in [-0.15, -0.1) is 0 Å². The zero-order valence-corrected chi connectivity index (χ0v) is 18.0. The Labute approximate surface area is 152 Å². The fourth-order valence-corrected chi connectivity index (χ4v) is 2.87. The first kappa shape index (κ1) is 28.1. The third-order valence-corrected chi connectivity index (χ3v) is 4.25. The summed E-state index contributed by atoms with van der Waals surface area (Å²) in [7, 11) is 1.50. The number of hydrogen-bond acceptors (Lipinski definition) is 3. The molecule has 0 heterocycles. The van der Waals surface area contributed by atoms with Gasteiger partial charge >= 0.3 is 0 Å². The number of Topliss-reactive ketones (excluding diaryl/α,β-unsaturated/α-hetero) is 1. The maximum atomic E-state index is 11.8. The molecule has 3 heteroatoms. The fraction of sp³-hybridized carbons (Fsp3) is 0.857. The Hall–Kier alpha value is -0.670. The van der Waals surface area contributed by atoms with E-state index >= 15 is 0 Å². The summed E-state index contributed by atoms with van der Waals surface area (Å²) in [6, 6.07) is 0. The lowest BCUT2D eigenvalue weighted by Gasteiger charge is -2.39. The Kier molecular flexibility index (Phi) is 21.9. The highest BCUT2D eigenvalue weighted by Gasteiger charge is 2.32. The smallest absolute Gasteiger partial charge is 0.149 e. The largest absolute Gasteiger partial charge is 0.333 e. The van der Waals surface area contributed by atoms with Crippen LogP contribution < -0.4 is 11.1 Å². The lowest BCUT2D eigenvalue weighted by Crippen LogP contribution is -2.50. The first-order valence-corrected chi connectivity index (χ1v) is 9.99. The molecule has 3 nitrogen and oxygen atoms in total. The number of nitrogens with one attached hydrogen (secondary N) is 1. The molecule has 0 aromatic carbocycles. The summed E-state index contributed by atoms with van der Waals surface area (Å²) < 4.78 is 0. The molecule has 1 fully saturated rings. The number of rotatable bonds is 6. The SMILES string of the molecule is CC.CC.CC=CC(C)(NCC(=O)C(C)C)C1CCCCC1.CN. The van der Waals surface area contributed by atoms with E-state index < -0.39 is 0 Å². The molecule has 0 saturated heterocycles. The van der Waals surface area contributed by atoms with Crippen LogP contribution in [0.3, 0.4) is 0 Å². The number of hydrogen-bond donors (Lipinski definition) is 2. The van der Waals surface area contributed by atoms with Crippen molar-refractivity contribution in [3.8, 4) is 0 Å². The highest BCUT2D eigenvalue weighted by atomic mass is 16.1. The Morgan fingerprint density at radius 1 is 1.12 bits per heavy atom. The van der Waals surface area contributed by atoms with Gasteiger partial charge in [0.05, 0.1) is 6.54 Å². The van der Waals surface area contributed by atoms with E-state index in [2.05, 4.69) is 37.0 Å². The molecule has 0 radical (unpaired) electrons. The predicted octanol–water partition coefficient (Wildman–Crippen LogP) is 5.34. The van der Waals surface area contributed by atoms with Gasteiger partial charge < -0.3 is 11.1 Å². The summed E-state index contributed by atoms with van der Waals surface area (Å²) in [6.45, 7) is 16.7. The third kappa shape index (κ3) is 11.8. The minimum atomic E-state index is -0.0142. The van der Waals surface area contributed by atoms with E-state index in [1.165, 1.54) is 39.2 Å². The molecule has 0 amide bonds. The van der Waals surface area contributed by atoms with E-state index in [0.29, 0.717) is 18.2 Å². The summed E-state index contributed by atoms with van der Waals surface area (Å²) >= 11 is 0. The zero-order chi connectivity index (χ0) is 19.6. The second kappa shape index (κ2) is 18.7. The maximum Gasteiger partial charge on any atom is 0.149 e. The van der Waals surface area contributed by atoms with Gasteiger partial charge in [0.2, 0.25) is 0 Å². The van der Waals surface area contributed by atoms with Gasteiger partial charge in [-0.1, -0.05) is 73.0 Å². The number of carbonyl (C=O) groups is 1. The van der Waals surface area contributed by atoms with E-state index in [9.17, 15) is 4.79 Å². The van der Waals surface area contributed by atoms with Crippen LogP contribution in [0.25, 0.3) is 0 Å². The van der Waals surface area contributed by atoms with Gasteiger partial charge in [-0.3, -0.25) is 4.79 Å². The van der Waals surface area contributed by atoms with Gasteiger partial charge in [-0.25, -0.2) is 0 Å². The molecule has 0 bridgehead atoms. The Morgan fingerprint density at radius 3 is 1.96 bits per heavy atom. The summed E-state index contributed by atoms with van der Waals surface area (Å²) in [5.74, 6) is 1.10. The van der Waals surface area contributed by atoms with Gasteiger partial charge in [0, 0.05) is 11.5 Å². The standard InChI is InChI=1S/C16H29NO.2C2H6.CH5N/c1-5-11-16(4,14-9-7-6-8-10-14)17-12-15(18)13(2)3;3*1-2/h5,11,13-14,17H,6-10,12H2,1-4H3;2*1-2H3;2H2,1H3. The van der Waals surface area contributed by atoms with E-state index in [0.717, 1.165) is 0 Å². The van der Waals surface area contributed by atoms with Gasteiger partial charge in [0.25, 0.3) is 0 Å². The van der Waals surface area contributed by atoms with Crippen molar-refractivity contribution >= 4 is 5.78 Å². The molecule has 1 saturated carbocycles. The predicted molar refractivity (Wildman–Crippen MR) is 110 cm³/mol. The number of ketones is 1. The highest BCUT2D eigenvalue weighted by molar-refractivity contribution is 5.82. The van der Waals surface area contributed by atoms with Crippen LogP contribution in [0.15, 0.2) is 12.2 Å². The second-order valence-electron chi connectivity index (χ2n) is 6.09. The molecular formula is C21H46N2O. The van der Waals surface area contributed by atoms with E-state index in [-0.39, 0.29) is 11.5 Å². The van der Waals surface area contributed by atoms with E-state index in [1.54, 1.807) is 0 Å². The van der Waals surface area contributed by atoms with Crippen molar-refractivity contribution in [3.05, 3.63) is 12.2 Å². The molecule has 1 unspecified atom stereocenters. The average Bonchev–Trinajstić information content (AvgIpc) is 2.65. The van der Waals surface area contributed by atoms with Gasteiger partial charge in [-0.2, -0.15) is 0 Å². The van der Waals surface area contributed by atoms with Crippen LogP contribution in [-0.2, 0) is 4.79 Å². The molecule has 1 atom stereocenters. The summed E-state index contributed by atoms with van der Waals surface area (Å²) in [5, 5.41) is 3.51. The highest BCUT2D eigenvalue weighted by Crippen LogP contribution is 2.33. The first-order chi connectivity index (χ1) is 11.5. The van der Waals surface area contributed by atoms with Crippen molar-refractivity contribution in [2.24, 2.45) is 17.6 Å². The van der Waals surface area contributed by atoms with Crippen LogP contribution in [-0.4, -0.2) is 24.9 Å². The monoisotopic (exact) mass is 342 g/mol. The molecule has 0 spiro atoms. The first-order valence-electron chi connectivity index (χ1n) is 9.99. The lowest BCUT2D eigenvalue weighted by molar-refractivity contribution is -0.121. The van der Waals surface area contributed by atoms with Gasteiger partial charge in [-0.05, 0) is 39.7 Å². The van der Waals surface area contributed by atoms with Crippen molar-refractivity contribution in [1.82, 2.24) is 5.32 Å². The fourth-order valence-electron chi connectivity index (χ4n) is 2.87. The summed E-state index contributed by atoms with van der Waals surface area (Å²) in [4.78, 5) is 11.8. The Bertz CT molecular complexity index is 294. The Balaban J connectivity index is -0.000000659. The lowest BCUT2D eigenvalue weighted by atomic mass is 9.75. The van der Waals surface area contributed by atoms with Crippen LogP contribution in [0.5, 0.6) is 0 Å². The van der Waals surface area contributed by atoms with Crippen LogP contribution in [0.2, 0.25) is 0 Å². The maximum absolute atomic E-state index is 11.8. The molecule has 1 aliphatic rings. The van der Waals surface area contributed by atoms with Crippen LogP contribution in [0.1, 0.15) is 87.5 Å². The summed E-state index contributed by atoms with van der Waals surface area (Å²) in [5.41, 5.74) is 4.49. The zero-order valence-electron chi connectivity index (χ0n) is 18.0. The van der Waals surface area contributed by atoms with Gasteiger partial charge in [0.15, 0.2) is 0 Å². The number of allylic oxidation sites excluding steroid dienone is 1. The van der Waals surface area contributed by atoms with Crippen LogP contribution >= 0.6 is 0 Å². The average molecular weight is 343 g/mol. The van der Waals surface area contributed by atoms with Crippen molar-refractivity contribution in [2.45, 2.75) is 93.0 Å². The number of carbonyl (C=O) groups excluding carboxylic acids is 1. The normalized spacial score (nSPS) is 16.8. The van der Waals surface area contributed by atoms with Crippen molar-refractivity contribution < 1.29 is 4.79 Å². The molecular weight excluding hydrogens is 296 g/mol. The van der Waals surface area contributed by atoms with Crippen LogP contribution in [0.4, 0.5) is 0 Å². The molecule has 0 aromatic rings. The van der Waals surface area contributed by atoms with Crippen molar-refractivity contribution in [3.63, 3.8) is 0 Å². The topological polar surface area (TPSA) is 55.1 Å². The minimum Gasteiger partial charge on any atom is -0.333 e. The second-order valence-corrected chi connectivity index (χ2v) is 6.09. The van der Waals surface area contributed by atoms with Crippen molar-refractivity contribution in [2.75, 3.05) is 13.6 Å². The number of nitrogens with two attached hydrogens (primary N) is 1.